The summed E-state index contributed by atoms with van der Waals surface area (Å²) in [6.07, 6.45) is 17.6. The van der Waals surface area contributed by atoms with Gasteiger partial charge in [0.1, 0.15) is 0 Å². The van der Waals surface area contributed by atoms with E-state index in [-0.39, 0.29) is 12.5 Å². The molecule has 0 aliphatic heterocycles. The summed E-state index contributed by atoms with van der Waals surface area (Å²) in [4.78, 5) is 12.7. The van der Waals surface area contributed by atoms with Gasteiger partial charge in [0.15, 0.2) is 30.8 Å². The molecule has 1 aromatic heterocycles. The number of carbonyl (C=O) groups is 1. The number of thiazole rings is 1. The van der Waals surface area contributed by atoms with Crippen LogP contribution in [0.25, 0.3) is 0 Å². The minimum Gasteiger partial charge on any atom is -0.493 e. The van der Waals surface area contributed by atoms with Gasteiger partial charge in [0, 0.05) is 11.3 Å². The van der Waals surface area contributed by atoms with Crippen molar-refractivity contribution < 1.29 is 23.6 Å². The van der Waals surface area contributed by atoms with Crippen LogP contribution in [0.2, 0.25) is 0 Å². The highest BCUT2D eigenvalue weighted by Gasteiger charge is 2.14. The van der Waals surface area contributed by atoms with Crippen molar-refractivity contribution in [2.75, 3.05) is 25.6 Å². The fourth-order valence-electron chi connectivity index (χ4n) is 4.68. The molecule has 0 unspecified atom stereocenters. The summed E-state index contributed by atoms with van der Waals surface area (Å²) >= 11 is 1.65. The number of hydrogen-bond donors (Lipinski definition) is 1. The number of unbranched alkanes of at least 4 members (excludes halogenated alkanes) is 11. The Morgan fingerprint density at radius 1 is 0.850 bits per heavy atom. The van der Waals surface area contributed by atoms with Crippen molar-refractivity contribution in [1.82, 2.24) is 0 Å². The molecule has 40 heavy (non-hydrogen) atoms. The van der Waals surface area contributed by atoms with Gasteiger partial charge in [-0.3, -0.25) is 4.79 Å². The maximum atomic E-state index is 12.7. The van der Waals surface area contributed by atoms with E-state index in [2.05, 4.69) is 22.3 Å². The summed E-state index contributed by atoms with van der Waals surface area (Å²) in [6, 6.07) is 13.4. The molecule has 7 heteroatoms. The molecule has 1 amide bonds. The monoisotopic (exact) mass is 567 g/mol. The molecule has 3 aromatic rings. The molecule has 0 bridgehead atoms. The molecule has 6 nitrogen and oxygen atoms in total. The van der Waals surface area contributed by atoms with Crippen molar-refractivity contribution in [3.8, 4) is 17.2 Å². The number of nitrogens with zero attached hydrogens (tertiary/aromatic N) is 1. The number of anilines is 1. The van der Waals surface area contributed by atoms with Crippen LogP contribution in [0, 0.1) is 0 Å². The number of amides is 1. The molecule has 218 valence electrons. The van der Waals surface area contributed by atoms with Crippen molar-refractivity contribution in [3.05, 3.63) is 65.1 Å². The van der Waals surface area contributed by atoms with Crippen LogP contribution in [0.1, 0.15) is 89.5 Å². The summed E-state index contributed by atoms with van der Waals surface area (Å²) in [5.74, 6) is 1.44. The smallest absolute Gasteiger partial charge is 0.262 e. The first-order valence-corrected chi connectivity index (χ1v) is 15.9. The number of benzene rings is 2. The van der Waals surface area contributed by atoms with E-state index in [4.69, 9.17) is 14.2 Å². The van der Waals surface area contributed by atoms with Crippen molar-refractivity contribution >= 4 is 22.9 Å². The number of aromatic nitrogens is 1. The van der Waals surface area contributed by atoms with Gasteiger partial charge >= 0.3 is 0 Å². The van der Waals surface area contributed by atoms with Gasteiger partial charge in [-0.05, 0) is 30.7 Å². The quantitative estimate of drug-likeness (QED) is 0.104. The summed E-state index contributed by atoms with van der Waals surface area (Å²) in [7, 11) is 1.61. The van der Waals surface area contributed by atoms with Gasteiger partial charge in [0.2, 0.25) is 11.3 Å². The predicted octanol–water partition coefficient (Wildman–Crippen LogP) is 8.19. The third-order valence-electron chi connectivity index (χ3n) is 6.87. The van der Waals surface area contributed by atoms with Gasteiger partial charge in [-0.25, -0.2) is 0 Å². The molecule has 0 aliphatic carbocycles. The lowest BCUT2D eigenvalue weighted by Gasteiger charge is -2.15. The van der Waals surface area contributed by atoms with E-state index in [1.807, 2.05) is 54.0 Å². The molecule has 1 N–H and O–H groups in total. The zero-order chi connectivity index (χ0) is 28.3. The second kappa shape index (κ2) is 19.1. The van der Waals surface area contributed by atoms with Crippen LogP contribution < -0.4 is 24.1 Å². The van der Waals surface area contributed by atoms with Gasteiger partial charge in [-0.15, -0.1) is 0 Å². The lowest BCUT2D eigenvalue weighted by Crippen LogP contribution is -2.30. The fraction of sp³-hybridized carbons (Fsp3) is 0.515. The van der Waals surface area contributed by atoms with Crippen molar-refractivity contribution in [2.24, 2.45) is 0 Å². The zero-order valence-corrected chi connectivity index (χ0v) is 25.2. The topological polar surface area (TPSA) is 60.7 Å². The Morgan fingerprint density at radius 3 is 2.20 bits per heavy atom. The average molecular weight is 568 g/mol. The van der Waals surface area contributed by atoms with Gasteiger partial charge in [0.05, 0.1) is 19.1 Å². The molecule has 3 rings (SSSR count). The number of ether oxygens (including phenoxy) is 3. The van der Waals surface area contributed by atoms with Crippen LogP contribution in [0.3, 0.4) is 0 Å². The lowest BCUT2D eigenvalue weighted by atomic mass is 10.1. The molecule has 0 aliphatic rings. The van der Waals surface area contributed by atoms with Gasteiger partial charge in [0.25, 0.3) is 5.91 Å². The molecule has 1 heterocycles. The highest BCUT2D eigenvalue weighted by molar-refractivity contribution is 7.07. The number of carbonyl (C=O) groups excluding carboxylic acids is 1. The minimum atomic E-state index is -0.227. The summed E-state index contributed by atoms with van der Waals surface area (Å²) < 4.78 is 19.6. The predicted molar refractivity (Wildman–Crippen MR) is 164 cm³/mol. The second-order valence-electron chi connectivity index (χ2n) is 10.3. The van der Waals surface area contributed by atoms with Crippen molar-refractivity contribution in [3.63, 3.8) is 0 Å². The number of hydrogen-bond acceptors (Lipinski definition) is 5. The first kappa shape index (κ1) is 31.5. The Morgan fingerprint density at radius 2 is 1.52 bits per heavy atom. The Labute approximate surface area is 244 Å². The van der Waals surface area contributed by atoms with Crippen LogP contribution in [0.5, 0.6) is 17.2 Å². The molecule has 0 radical (unpaired) electrons. The molecule has 0 spiro atoms. The molecular weight excluding hydrogens is 520 g/mol. The molecule has 0 fully saturated rings. The zero-order valence-electron chi connectivity index (χ0n) is 24.4. The van der Waals surface area contributed by atoms with Crippen LogP contribution in [-0.2, 0) is 11.3 Å². The lowest BCUT2D eigenvalue weighted by molar-refractivity contribution is -0.683. The Kier molecular flexibility index (Phi) is 15.0. The van der Waals surface area contributed by atoms with E-state index < -0.39 is 0 Å². The molecule has 0 saturated heterocycles. The van der Waals surface area contributed by atoms with E-state index in [9.17, 15) is 4.79 Å². The van der Waals surface area contributed by atoms with Crippen LogP contribution in [-0.4, -0.2) is 26.2 Å². The third kappa shape index (κ3) is 12.0. The normalized spacial score (nSPS) is 10.8. The number of methoxy groups -OCH3 is 1. The van der Waals surface area contributed by atoms with E-state index in [1.54, 1.807) is 18.4 Å². The van der Waals surface area contributed by atoms with E-state index in [0.717, 1.165) is 30.6 Å². The maximum absolute atomic E-state index is 12.7. The molecule has 0 saturated carbocycles. The molecular formula is C33H47N2O4S+. The standard InChI is InChI=1S/C33H46N2O4S/c1-3-4-5-6-7-8-9-10-11-12-13-14-22-38-33-30(37-2)19-16-20-31(33)39-26-32(36)34-29-18-15-17-28(24-29)25-35-21-23-40-27-35/h15-21,23-24,27H,3-14,22,25-26H2,1-2H3/p+1. The highest BCUT2D eigenvalue weighted by Crippen LogP contribution is 2.37. The largest absolute Gasteiger partial charge is 0.493 e. The average Bonchev–Trinajstić information content (AvgIpc) is 3.48. The first-order valence-electron chi connectivity index (χ1n) is 14.9. The summed E-state index contributed by atoms with van der Waals surface area (Å²) in [6.45, 7) is 3.50. The van der Waals surface area contributed by atoms with Gasteiger partial charge in [-0.2, -0.15) is 4.57 Å². The van der Waals surface area contributed by atoms with Gasteiger partial charge < -0.3 is 19.5 Å². The highest BCUT2D eigenvalue weighted by atomic mass is 32.1. The molecule has 0 atom stereocenters. The van der Waals surface area contributed by atoms with E-state index in [0.29, 0.717) is 23.9 Å². The fourth-order valence-corrected chi connectivity index (χ4v) is 5.28. The second-order valence-corrected chi connectivity index (χ2v) is 11.0. The summed E-state index contributed by atoms with van der Waals surface area (Å²) in [5, 5.41) is 4.97. The van der Waals surface area contributed by atoms with Crippen LogP contribution in [0.4, 0.5) is 5.69 Å². The number of para-hydroxylation sites is 1. The van der Waals surface area contributed by atoms with Crippen molar-refractivity contribution in [2.45, 2.75) is 90.5 Å². The Bertz CT molecular complexity index is 1100. The Balaban J connectivity index is 1.36. The maximum Gasteiger partial charge on any atom is 0.262 e. The summed E-state index contributed by atoms with van der Waals surface area (Å²) in [5.41, 5.74) is 3.92. The van der Waals surface area contributed by atoms with Crippen molar-refractivity contribution in [1.29, 1.82) is 0 Å². The first-order chi connectivity index (χ1) is 19.7. The number of rotatable bonds is 21. The van der Waals surface area contributed by atoms with E-state index >= 15 is 0 Å². The number of nitrogens with one attached hydrogen (secondary N) is 1. The Hall–Kier alpha value is -3.06. The van der Waals surface area contributed by atoms with Crippen LogP contribution >= 0.6 is 11.3 Å². The molecule has 2 aromatic carbocycles. The van der Waals surface area contributed by atoms with Gasteiger partial charge in [-0.1, -0.05) is 107 Å². The van der Waals surface area contributed by atoms with E-state index in [1.165, 1.54) is 64.2 Å². The third-order valence-corrected chi connectivity index (χ3v) is 7.54. The van der Waals surface area contributed by atoms with Crippen LogP contribution in [0.15, 0.2) is 59.6 Å². The minimum absolute atomic E-state index is 0.119. The SMILES string of the molecule is CCCCCCCCCCCCCCOc1c(OC)cccc1OCC(=O)Nc1cccc(C[n+]2ccsc2)c1.